The molecule has 12 rings (SSSR count). The molecule has 0 radical (unpaired) electrons. The summed E-state index contributed by atoms with van der Waals surface area (Å²) in [5.74, 6) is 0. The van der Waals surface area contributed by atoms with Gasteiger partial charge in [-0.05, 0) is 95.1 Å². The van der Waals surface area contributed by atoms with Gasteiger partial charge in [0.15, 0.2) is 5.69 Å². The second-order valence-corrected chi connectivity index (χ2v) is 15.2. The second kappa shape index (κ2) is 13.0. The van der Waals surface area contributed by atoms with E-state index in [-0.39, 0.29) is 0 Å². The molecular formula is C55H34N4. The van der Waals surface area contributed by atoms with Gasteiger partial charge >= 0.3 is 0 Å². The Morgan fingerprint density at radius 3 is 0.949 bits per heavy atom. The predicted octanol–water partition coefficient (Wildman–Crippen LogP) is 14.9. The predicted molar refractivity (Wildman–Crippen MR) is 247 cm³/mol. The number of benzene rings is 9. The van der Waals surface area contributed by atoms with Gasteiger partial charge in [0.05, 0.1) is 39.7 Å². The molecule has 0 saturated heterocycles. The van der Waals surface area contributed by atoms with Crippen molar-refractivity contribution in [2.24, 2.45) is 0 Å². The van der Waals surface area contributed by atoms with Crippen LogP contribution in [-0.2, 0) is 0 Å². The molecule has 3 aromatic heterocycles. The Bertz CT molecular complexity index is 3410. The van der Waals surface area contributed by atoms with E-state index in [1.807, 2.05) is 18.2 Å². The molecule has 0 aliphatic rings. The molecule has 0 aliphatic carbocycles. The van der Waals surface area contributed by atoms with Gasteiger partial charge in [0.25, 0.3) is 0 Å². The van der Waals surface area contributed by atoms with E-state index in [1.54, 1.807) is 0 Å². The zero-order chi connectivity index (χ0) is 39.0. The smallest absolute Gasteiger partial charge is 0.194 e. The first kappa shape index (κ1) is 33.1. The van der Waals surface area contributed by atoms with Crippen molar-refractivity contribution in [2.45, 2.75) is 0 Å². The van der Waals surface area contributed by atoms with Crippen molar-refractivity contribution in [3.63, 3.8) is 0 Å². The molecule has 0 unspecified atom stereocenters. The minimum atomic E-state index is 0.628. The first-order chi connectivity index (χ1) is 29.2. The van der Waals surface area contributed by atoms with Crippen molar-refractivity contribution in [1.29, 1.82) is 0 Å². The normalized spacial score (nSPS) is 11.7. The molecule has 12 aromatic rings. The van der Waals surface area contributed by atoms with E-state index in [0.717, 1.165) is 72.4 Å². The van der Waals surface area contributed by atoms with Gasteiger partial charge in [-0.1, -0.05) is 133 Å². The van der Waals surface area contributed by atoms with Crippen molar-refractivity contribution in [2.75, 3.05) is 0 Å². The van der Waals surface area contributed by atoms with Crippen LogP contribution in [0.1, 0.15) is 0 Å². The van der Waals surface area contributed by atoms with Crippen molar-refractivity contribution < 1.29 is 0 Å². The van der Waals surface area contributed by atoms with E-state index in [0.29, 0.717) is 5.69 Å². The molecule has 0 spiro atoms. The van der Waals surface area contributed by atoms with E-state index in [2.05, 4.69) is 207 Å². The third-order valence-electron chi connectivity index (χ3n) is 12.0. The number of rotatable bonds is 5. The molecular weight excluding hydrogens is 717 g/mol. The summed E-state index contributed by atoms with van der Waals surface area (Å²) in [4.78, 5) is 3.99. The van der Waals surface area contributed by atoms with Gasteiger partial charge in [-0.25, -0.2) is 4.85 Å². The first-order valence-corrected chi connectivity index (χ1v) is 20.0. The SMILES string of the molecule is [C-]#[N+]c1ccccc1-c1cc(-c2cc(-n3c4ccccc4c4ccccc43)cc(-n3c4ccccc4c4ccccc43)c2)cc(-n2c3ccccc3c3ccccc32)c1. The summed E-state index contributed by atoms with van der Waals surface area (Å²) in [7, 11) is 0. The van der Waals surface area contributed by atoms with Gasteiger partial charge < -0.3 is 13.7 Å². The fourth-order valence-electron chi connectivity index (χ4n) is 9.50. The van der Waals surface area contributed by atoms with E-state index < -0.39 is 0 Å². The Kier molecular flexibility index (Phi) is 7.26. The van der Waals surface area contributed by atoms with Crippen LogP contribution < -0.4 is 0 Å². The molecule has 4 heteroatoms. The summed E-state index contributed by atoms with van der Waals surface area (Å²) in [6.45, 7) is 8.15. The Hall–Kier alpha value is -8.13. The molecule has 59 heavy (non-hydrogen) atoms. The Labute approximate surface area is 340 Å². The highest BCUT2D eigenvalue weighted by Gasteiger charge is 2.20. The summed E-state index contributed by atoms with van der Waals surface area (Å²) >= 11 is 0. The lowest BCUT2D eigenvalue weighted by atomic mass is 9.96. The topological polar surface area (TPSA) is 19.1 Å². The van der Waals surface area contributed by atoms with Crippen LogP contribution in [0.25, 0.3) is 110 Å². The number of hydrogen-bond acceptors (Lipinski definition) is 0. The zero-order valence-corrected chi connectivity index (χ0v) is 31.9. The molecule has 0 aliphatic heterocycles. The van der Waals surface area contributed by atoms with Gasteiger partial charge in [0.1, 0.15) is 0 Å². The van der Waals surface area contributed by atoms with Gasteiger partial charge in [0.2, 0.25) is 0 Å². The lowest BCUT2D eigenvalue weighted by molar-refractivity contribution is 1.13. The number of para-hydroxylation sites is 7. The maximum absolute atomic E-state index is 8.15. The standard InChI is InChI=1S/C55H34N4/c1-56-49-23-9-2-16-42(49)38-30-36(31-39(34-38)57-50-24-10-3-17-43(50)44-18-4-11-25-51(44)57)37-32-40(58-52-26-12-5-19-45(52)46-20-6-13-27-53(46)58)35-41(33-37)59-54-28-14-7-21-47(54)48-22-8-15-29-55(48)59/h2-35H. The van der Waals surface area contributed by atoms with Gasteiger partial charge in [0, 0.05) is 49.4 Å². The second-order valence-electron chi connectivity index (χ2n) is 15.2. The third-order valence-corrected chi connectivity index (χ3v) is 12.0. The van der Waals surface area contributed by atoms with Crippen LogP contribution in [0.3, 0.4) is 0 Å². The summed E-state index contributed by atoms with van der Waals surface area (Å²) in [6.07, 6.45) is 0. The van der Waals surface area contributed by atoms with Crippen LogP contribution in [0.4, 0.5) is 5.69 Å². The summed E-state index contributed by atoms with van der Waals surface area (Å²) < 4.78 is 7.21. The minimum absolute atomic E-state index is 0.628. The van der Waals surface area contributed by atoms with Crippen molar-refractivity contribution in [1.82, 2.24) is 13.7 Å². The average molecular weight is 751 g/mol. The summed E-state index contributed by atoms with van der Waals surface area (Å²) in [6, 6.07) is 73.9. The molecule has 9 aromatic carbocycles. The van der Waals surface area contributed by atoms with E-state index in [1.165, 1.54) is 32.3 Å². The van der Waals surface area contributed by atoms with Crippen LogP contribution in [0, 0.1) is 6.57 Å². The molecule has 0 N–H and O–H groups in total. The lowest BCUT2D eigenvalue weighted by Gasteiger charge is -2.18. The number of fused-ring (bicyclic) bond motifs is 9. The molecule has 0 bridgehead atoms. The van der Waals surface area contributed by atoms with Gasteiger partial charge in [-0.3, -0.25) is 0 Å². The van der Waals surface area contributed by atoms with E-state index in [9.17, 15) is 0 Å². The molecule has 0 saturated carbocycles. The monoisotopic (exact) mass is 750 g/mol. The van der Waals surface area contributed by atoms with Gasteiger partial charge in [-0.15, -0.1) is 0 Å². The maximum atomic E-state index is 8.15. The molecule has 3 heterocycles. The molecule has 0 fully saturated rings. The fourth-order valence-corrected chi connectivity index (χ4v) is 9.50. The highest BCUT2D eigenvalue weighted by atomic mass is 15.0. The Balaban J connectivity index is 1.21. The lowest BCUT2D eigenvalue weighted by Crippen LogP contribution is -2.01. The van der Waals surface area contributed by atoms with E-state index in [4.69, 9.17) is 6.57 Å². The van der Waals surface area contributed by atoms with E-state index >= 15 is 0 Å². The highest BCUT2D eigenvalue weighted by Crippen LogP contribution is 2.41. The van der Waals surface area contributed by atoms with Crippen molar-refractivity contribution >= 4 is 71.1 Å². The minimum Gasteiger partial charge on any atom is -0.309 e. The number of aromatic nitrogens is 3. The van der Waals surface area contributed by atoms with Crippen LogP contribution in [0.5, 0.6) is 0 Å². The zero-order valence-electron chi connectivity index (χ0n) is 31.9. The molecule has 0 amide bonds. The molecule has 274 valence electrons. The third kappa shape index (κ3) is 5.02. The number of hydrogen-bond donors (Lipinski definition) is 0. The summed E-state index contributed by atoms with van der Waals surface area (Å²) in [5, 5.41) is 7.30. The first-order valence-electron chi connectivity index (χ1n) is 20.0. The van der Waals surface area contributed by atoms with Crippen molar-refractivity contribution in [3.8, 4) is 39.3 Å². The van der Waals surface area contributed by atoms with Crippen LogP contribution in [0.2, 0.25) is 0 Å². The number of nitrogens with zero attached hydrogens (tertiary/aromatic N) is 4. The van der Waals surface area contributed by atoms with Crippen molar-refractivity contribution in [3.05, 3.63) is 218 Å². The fraction of sp³-hybridized carbons (Fsp3) is 0. The summed E-state index contributed by atoms with van der Waals surface area (Å²) in [5.41, 5.74) is 14.8. The van der Waals surface area contributed by atoms with Crippen LogP contribution in [0.15, 0.2) is 206 Å². The average Bonchev–Trinajstić information content (AvgIpc) is 3.95. The largest absolute Gasteiger partial charge is 0.309 e. The van der Waals surface area contributed by atoms with Gasteiger partial charge in [-0.2, -0.15) is 0 Å². The molecule has 0 atom stereocenters. The highest BCUT2D eigenvalue weighted by molar-refractivity contribution is 6.12. The van der Waals surface area contributed by atoms with Crippen LogP contribution >= 0.6 is 0 Å². The molecule has 4 nitrogen and oxygen atoms in total. The van der Waals surface area contributed by atoms with Crippen LogP contribution in [-0.4, -0.2) is 13.7 Å². The Morgan fingerprint density at radius 1 is 0.288 bits per heavy atom. The quantitative estimate of drug-likeness (QED) is 0.156. The Morgan fingerprint density at radius 2 is 0.576 bits per heavy atom. The maximum Gasteiger partial charge on any atom is 0.194 e.